The summed E-state index contributed by atoms with van der Waals surface area (Å²) in [4.78, 5) is 2.50. The van der Waals surface area contributed by atoms with Gasteiger partial charge in [-0.1, -0.05) is 27.2 Å². The molecule has 0 unspecified atom stereocenters. The van der Waals surface area contributed by atoms with E-state index in [1.165, 1.54) is 19.4 Å². The first-order valence-corrected chi connectivity index (χ1v) is 6.64. The predicted molar refractivity (Wildman–Crippen MR) is 66.7 cm³/mol. The number of ether oxygens (including phenoxy) is 2. The number of morpholine rings is 1. The summed E-state index contributed by atoms with van der Waals surface area (Å²) in [5.41, 5.74) is 0. The summed E-state index contributed by atoms with van der Waals surface area (Å²) in [6.45, 7) is 12.4. The minimum atomic E-state index is 0.282. The number of rotatable bonds is 7. The van der Waals surface area contributed by atoms with E-state index in [0.717, 1.165) is 32.9 Å². The van der Waals surface area contributed by atoms with Crippen LogP contribution in [0.2, 0.25) is 0 Å². The quantitative estimate of drug-likeness (QED) is 0.668. The molecule has 0 aromatic heterocycles. The molecule has 0 aromatic rings. The zero-order chi connectivity index (χ0) is 11.8. The Bertz CT molecular complexity index is 173. The zero-order valence-electron chi connectivity index (χ0n) is 11.1. The first-order valence-electron chi connectivity index (χ1n) is 6.64. The number of unbranched alkanes of at least 4 members (excludes halogenated alkanes) is 1. The van der Waals surface area contributed by atoms with Crippen LogP contribution in [0.1, 0.15) is 33.6 Å². The van der Waals surface area contributed by atoms with E-state index in [9.17, 15) is 0 Å². The molecule has 1 fully saturated rings. The lowest BCUT2D eigenvalue weighted by molar-refractivity contribution is -0.0721. The van der Waals surface area contributed by atoms with Gasteiger partial charge >= 0.3 is 0 Å². The normalized spacial score (nSPS) is 22.9. The van der Waals surface area contributed by atoms with Gasteiger partial charge in [0.05, 0.1) is 19.3 Å². The van der Waals surface area contributed by atoms with Crippen molar-refractivity contribution in [2.75, 3.05) is 39.5 Å². The van der Waals surface area contributed by atoms with E-state index in [0.29, 0.717) is 5.92 Å². The number of nitrogens with zero attached hydrogens (tertiary/aromatic N) is 1. The van der Waals surface area contributed by atoms with Crippen LogP contribution in [0.5, 0.6) is 0 Å². The maximum absolute atomic E-state index is 5.70. The van der Waals surface area contributed by atoms with Gasteiger partial charge in [0, 0.05) is 19.7 Å². The maximum atomic E-state index is 5.70. The molecular formula is C13H27NO2. The van der Waals surface area contributed by atoms with Crippen molar-refractivity contribution in [3.8, 4) is 0 Å². The molecule has 0 radical (unpaired) electrons. The Morgan fingerprint density at radius 3 is 2.94 bits per heavy atom. The van der Waals surface area contributed by atoms with E-state index in [1.54, 1.807) is 0 Å². The third kappa shape index (κ3) is 5.83. The molecule has 1 rings (SSSR count). The molecule has 0 bridgehead atoms. The second-order valence-corrected chi connectivity index (χ2v) is 5.08. The summed E-state index contributed by atoms with van der Waals surface area (Å²) < 4.78 is 11.3. The monoisotopic (exact) mass is 229 g/mol. The topological polar surface area (TPSA) is 21.7 Å². The predicted octanol–water partition coefficient (Wildman–Crippen LogP) is 2.16. The third-order valence-electron chi connectivity index (χ3n) is 2.81. The van der Waals surface area contributed by atoms with Crippen molar-refractivity contribution in [2.24, 2.45) is 5.92 Å². The Hall–Kier alpha value is -0.120. The molecule has 1 saturated heterocycles. The summed E-state index contributed by atoms with van der Waals surface area (Å²) in [5.74, 6) is 0.611. The van der Waals surface area contributed by atoms with E-state index in [1.807, 2.05) is 0 Å². The summed E-state index contributed by atoms with van der Waals surface area (Å²) in [7, 11) is 0. The molecule has 0 aromatic carbocycles. The lowest BCUT2D eigenvalue weighted by Gasteiger charge is -2.32. The molecule has 96 valence electrons. The highest BCUT2D eigenvalue weighted by atomic mass is 16.5. The molecular weight excluding hydrogens is 202 g/mol. The lowest BCUT2D eigenvalue weighted by atomic mass is 10.2. The van der Waals surface area contributed by atoms with Crippen molar-refractivity contribution < 1.29 is 9.47 Å². The largest absolute Gasteiger partial charge is 0.378 e. The van der Waals surface area contributed by atoms with Gasteiger partial charge in [-0.2, -0.15) is 0 Å². The average molecular weight is 229 g/mol. The Balaban J connectivity index is 2.12. The lowest BCUT2D eigenvalue weighted by Crippen LogP contribution is -2.44. The van der Waals surface area contributed by atoms with E-state index in [-0.39, 0.29) is 6.10 Å². The summed E-state index contributed by atoms with van der Waals surface area (Å²) in [6, 6.07) is 0. The average Bonchev–Trinajstić information content (AvgIpc) is 2.26. The van der Waals surface area contributed by atoms with Gasteiger partial charge in [0.25, 0.3) is 0 Å². The Morgan fingerprint density at radius 1 is 1.44 bits per heavy atom. The number of hydrogen-bond acceptors (Lipinski definition) is 3. The molecule has 3 heteroatoms. The van der Waals surface area contributed by atoms with Gasteiger partial charge in [0.15, 0.2) is 0 Å². The second-order valence-electron chi connectivity index (χ2n) is 5.08. The van der Waals surface area contributed by atoms with E-state index in [4.69, 9.17) is 9.47 Å². The van der Waals surface area contributed by atoms with Crippen LogP contribution in [0.4, 0.5) is 0 Å². The molecule has 16 heavy (non-hydrogen) atoms. The van der Waals surface area contributed by atoms with Gasteiger partial charge < -0.3 is 9.47 Å². The van der Waals surface area contributed by atoms with E-state index >= 15 is 0 Å². The molecule has 1 atom stereocenters. The Labute approximate surface area is 100 Å². The van der Waals surface area contributed by atoms with Crippen molar-refractivity contribution in [3.63, 3.8) is 0 Å². The van der Waals surface area contributed by atoms with Crippen LogP contribution >= 0.6 is 0 Å². The first kappa shape index (κ1) is 13.9. The Morgan fingerprint density at radius 2 is 2.25 bits per heavy atom. The van der Waals surface area contributed by atoms with Crippen molar-refractivity contribution >= 4 is 0 Å². The summed E-state index contributed by atoms with van der Waals surface area (Å²) in [5, 5.41) is 0. The van der Waals surface area contributed by atoms with E-state index in [2.05, 4.69) is 25.7 Å². The SMILES string of the molecule is CCCCN1CCO[C@H](COCC(C)C)C1. The van der Waals surface area contributed by atoms with Crippen LogP contribution in [0.25, 0.3) is 0 Å². The fourth-order valence-corrected chi connectivity index (χ4v) is 1.90. The minimum absolute atomic E-state index is 0.282. The van der Waals surface area contributed by atoms with Gasteiger partial charge in [-0.15, -0.1) is 0 Å². The first-order chi connectivity index (χ1) is 7.72. The van der Waals surface area contributed by atoms with E-state index < -0.39 is 0 Å². The van der Waals surface area contributed by atoms with Crippen LogP contribution in [-0.2, 0) is 9.47 Å². The van der Waals surface area contributed by atoms with Crippen molar-refractivity contribution in [1.29, 1.82) is 0 Å². The van der Waals surface area contributed by atoms with Gasteiger partial charge in [-0.3, -0.25) is 4.90 Å². The molecule has 0 spiro atoms. The molecule has 0 saturated carbocycles. The molecule has 1 aliphatic heterocycles. The van der Waals surface area contributed by atoms with Crippen LogP contribution in [0, 0.1) is 5.92 Å². The maximum Gasteiger partial charge on any atom is 0.0935 e. The molecule has 0 aliphatic carbocycles. The summed E-state index contributed by atoms with van der Waals surface area (Å²) >= 11 is 0. The molecule has 3 nitrogen and oxygen atoms in total. The highest BCUT2D eigenvalue weighted by Gasteiger charge is 2.19. The van der Waals surface area contributed by atoms with Crippen molar-refractivity contribution in [2.45, 2.75) is 39.7 Å². The molecule has 1 heterocycles. The molecule has 1 aliphatic rings. The zero-order valence-corrected chi connectivity index (χ0v) is 11.1. The van der Waals surface area contributed by atoms with Crippen LogP contribution in [0.3, 0.4) is 0 Å². The highest BCUT2D eigenvalue weighted by Crippen LogP contribution is 2.07. The van der Waals surface area contributed by atoms with Gasteiger partial charge in [-0.25, -0.2) is 0 Å². The van der Waals surface area contributed by atoms with Crippen LogP contribution in [-0.4, -0.2) is 50.5 Å². The van der Waals surface area contributed by atoms with Gasteiger partial charge in [0.1, 0.15) is 0 Å². The fourth-order valence-electron chi connectivity index (χ4n) is 1.90. The summed E-state index contributed by atoms with van der Waals surface area (Å²) in [6.07, 6.45) is 2.84. The highest BCUT2D eigenvalue weighted by molar-refractivity contribution is 4.71. The van der Waals surface area contributed by atoms with Crippen LogP contribution < -0.4 is 0 Å². The smallest absolute Gasteiger partial charge is 0.0935 e. The number of hydrogen-bond donors (Lipinski definition) is 0. The van der Waals surface area contributed by atoms with Gasteiger partial charge in [0.2, 0.25) is 0 Å². The standard InChI is InChI=1S/C13H27NO2/c1-4-5-6-14-7-8-16-13(9-14)11-15-10-12(2)3/h12-13H,4-11H2,1-3H3/t13-/m0/s1. The second kappa shape index (κ2) is 8.04. The fraction of sp³-hybridized carbons (Fsp3) is 1.00. The van der Waals surface area contributed by atoms with Crippen molar-refractivity contribution in [1.82, 2.24) is 4.90 Å². The Kier molecular flexibility index (Phi) is 7.01. The minimum Gasteiger partial charge on any atom is -0.378 e. The molecule has 0 amide bonds. The van der Waals surface area contributed by atoms with Crippen molar-refractivity contribution in [3.05, 3.63) is 0 Å². The third-order valence-corrected chi connectivity index (χ3v) is 2.81. The van der Waals surface area contributed by atoms with Crippen LogP contribution in [0.15, 0.2) is 0 Å². The van der Waals surface area contributed by atoms with Gasteiger partial charge in [-0.05, 0) is 18.9 Å². The molecule has 0 N–H and O–H groups in total.